The molecule has 1 heterocycles. The summed E-state index contributed by atoms with van der Waals surface area (Å²) >= 11 is 0. The van der Waals surface area contributed by atoms with E-state index in [1.165, 1.54) is 12.1 Å². The van der Waals surface area contributed by atoms with Crippen molar-refractivity contribution in [1.29, 1.82) is 0 Å². The Labute approximate surface area is 137 Å². The van der Waals surface area contributed by atoms with Gasteiger partial charge in [-0.2, -0.15) is 5.10 Å². The van der Waals surface area contributed by atoms with Gasteiger partial charge < -0.3 is 4.74 Å². The molecule has 5 nitrogen and oxygen atoms in total. The van der Waals surface area contributed by atoms with Gasteiger partial charge in [-0.1, -0.05) is 24.3 Å². The van der Waals surface area contributed by atoms with E-state index in [-0.39, 0.29) is 17.7 Å². The van der Waals surface area contributed by atoms with Crippen molar-refractivity contribution in [2.24, 2.45) is 0 Å². The summed E-state index contributed by atoms with van der Waals surface area (Å²) < 4.78 is 18.7. The van der Waals surface area contributed by atoms with E-state index >= 15 is 0 Å². The number of benzene rings is 2. The maximum Gasteiger partial charge on any atom is 0.341 e. The largest absolute Gasteiger partial charge is 0.462 e. The van der Waals surface area contributed by atoms with Crippen LogP contribution in [-0.4, -0.2) is 22.8 Å². The van der Waals surface area contributed by atoms with Gasteiger partial charge >= 0.3 is 5.97 Å². The van der Waals surface area contributed by atoms with E-state index < -0.39 is 11.8 Å². The number of H-pyrrole nitrogens is 1. The van der Waals surface area contributed by atoms with Crippen LogP contribution < -0.4 is 5.56 Å². The Hall–Kier alpha value is -3.02. The quantitative estimate of drug-likeness (QED) is 0.748. The van der Waals surface area contributed by atoms with Gasteiger partial charge in [0.1, 0.15) is 5.82 Å². The van der Waals surface area contributed by atoms with Gasteiger partial charge in [0.2, 0.25) is 0 Å². The average Bonchev–Trinajstić information content (AvgIpc) is 2.59. The highest BCUT2D eigenvalue weighted by Gasteiger charge is 2.15. The van der Waals surface area contributed by atoms with Crippen LogP contribution in [0.3, 0.4) is 0 Å². The number of esters is 1. The molecule has 0 saturated carbocycles. The molecule has 0 fully saturated rings. The fraction of sp³-hybridized carbons (Fsp3) is 0.167. The number of rotatable bonds is 4. The zero-order valence-electron chi connectivity index (χ0n) is 13.0. The Kier molecular flexibility index (Phi) is 4.37. The highest BCUT2D eigenvalue weighted by Crippen LogP contribution is 2.18. The van der Waals surface area contributed by atoms with Gasteiger partial charge in [-0.25, -0.2) is 14.3 Å². The van der Waals surface area contributed by atoms with Crippen LogP contribution in [0.1, 0.15) is 28.5 Å². The van der Waals surface area contributed by atoms with Crippen LogP contribution in [0.2, 0.25) is 0 Å². The number of hydrogen-bond donors (Lipinski definition) is 1. The number of fused-ring (bicyclic) bond motifs is 1. The predicted molar refractivity (Wildman–Crippen MR) is 87.5 cm³/mol. The van der Waals surface area contributed by atoms with Crippen LogP contribution in [0.5, 0.6) is 0 Å². The van der Waals surface area contributed by atoms with E-state index in [0.29, 0.717) is 23.1 Å². The van der Waals surface area contributed by atoms with Crippen LogP contribution in [0, 0.1) is 5.82 Å². The fourth-order valence-corrected chi connectivity index (χ4v) is 2.55. The molecule has 0 radical (unpaired) electrons. The molecule has 0 aliphatic carbocycles. The number of ether oxygens (including phenoxy) is 1. The summed E-state index contributed by atoms with van der Waals surface area (Å²) in [5.41, 5.74) is 0.972. The van der Waals surface area contributed by atoms with Gasteiger partial charge in [-0.15, -0.1) is 0 Å². The highest BCUT2D eigenvalue weighted by atomic mass is 19.1. The maximum atomic E-state index is 13.8. The van der Waals surface area contributed by atoms with Crippen molar-refractivity contribution in [1.82, 2.24) is 10.2 Å². The summed E-state index contributed by atoms with van der Waals surface area (Å²) in [6, 6.07) is 11.4. The first-order valence-electron chi connectivity index (χ1n) is 7.52. The Balaban J connectivity index is 2.01. The summed E-state index contributed by atoms with van der Waals surface area (Å²) in [5.74, 6) is -1.33. The Morgan fingerprint density at radius 2 is 1.96 bits per heavy atom. The molecule has 0 atom stereocenters. The van der Waals surface area contributed by atoms with E-state index in [4.69, 9.17) is 4.74 Å². The molecular formula is C18H15FN2O3. The number of hydrogen-bond acceptors (Lipinski definition) is 4. The molecule has 6 heteroatoms. The van der Waals surface area contributed by atoms with Crippen molar-refractivity contribution in [2.45, 2.75) is 13.3 Å². The summed E-state index contributed by atoms with van der Waals surface area (Å²) in [4.78, 5) is 23.6. The molecular weight excluding hydrogens is 311 g/mol. The van der Waals surface area contributed by atoms with Crippen LogP contribution >= 0.6 is 0 Å². The van der Waals surface area contributed by atoms with E-state index in [9.17, 15) is 14.0 Å². The summed E-state index contributed by atoms with van der Waals surface area (Å²) in [6.45, 7) is 1.84. The van der Waals surface area contributed by atoms with Crippen LogP contribution in [-0.2, 0) is 11.2 Å². The number of aromatic nitrogens is 2. The molecule has 0 saturated heterocycles. The van der Waals surface area contributed by atoms with Gasteiger partial charge in [0.15, 0.2) is 0 Å². The Morgan fingerprint density at radius 3 is 2.71 bits per heavy atom. The third-order valence-electron chi connectivity index (χ3n) is 3.67. The van der Waals surface area contributed by atoms with Gasteiger partial charge in [0.25, 0.3) is 5.56 Å². The standard InChI is InChI=1S/C18H15FN2O3/c1-2-24-18(23)14-9-11(7-8-15(14)19)10-16-12-5-3-4-6-13(12)17(22)21-20-16/h3-9H,2,10H2,1H3,(H,21,22). The van der Waals surface area contributed by atoms with Crippen LogP contribution in [0.15, 0.2) is 47.3 Å². The molecule has 3 aromatic rings. The monoisotopic (exact) mass is 326 g/mol. The summed E-state index contributed by atoms with van der Waals surface area (Å²) in [7, 11) is 0. The molecule has 24 heavy (non-hydrogen) atoms. The first-order valence-corrected chi connectivity index (χ1v) is 7.52. The maximum absolute atomic E-state index is 13.8. The van der Waals surface area contributed by atoms with Gasteiger partial charge in [0.05, 0.1) is 23.3 Å². The molecule has 0 amide bonds. The molecule has 3 rings (SSSR count). The molecule has 0 spiro atoms. The minimum absolute atomic E-state index is 0.108. The van der Waals surface area contributed by atoms with Crippen molar-refractivity contribution in [2.75, 3.05) is 6.61 Å². The average molecular weight is 326 g/mol. The molecule has 2 aromatic carbocycles. The smallest absolute Gasteiger partial charge is 0.341 e. The second-order valence-electron chi connectivity index (χ2n) is 5.26. The molecule has 0 bridgehead atoms. The van der Waals surface area contributed by atoms with Crippen LogP contribution in [0.25, 0.3) is 10.8 Å². The lowest BCUT2D eigenvalue weighted by atomic mass is 10.0. The third-order valence-corrected chi connectivity index (χ3v) is 3.67. The van der Waals surface area contributed by atoms with Crippen molar-refractivity contribution < 1.29 is 13.9 Å². The zero-order chi connectivity index (χ0) is 17.1. The summed E-state index contributed by atoms with van der Waals surface area (Å²) in [6.07, 6.45) is 0.351. The molecule has 1 aromatic heterocycles. The number of carbonyl (C=O) groups excluding carboxylic acids is 1. The van der Waals surface area contributed by atoms with E-state index in [1.54, 1.807) is 25.1 Å². The normalized spacial score (nSPS) is 10.8. The minimum Gasteiger partial charge on any atom is -0.462 e. The number of carbonyl (C=O) groups is 1. The number of aromatic amines is 1. The van der Waals surface area contributed by atoms with Crippen molar-refractivity contribution in [3.63, 3.8) is 0 Å². The molecule has 122 valence electrons. The topological polar surface area (TPSA) is 72.0 Å². The second-order valence-corrected chi connectivity index (χ2v) is 5.26. The lowest BCUT2D eigenvalue weighted by molar-refractivity contribution is 0.0521. The SMILES string of the molecule is CCOC(=O)c1cc(Cc2n[nH]c(=O)c3ccccc23)ccc1F. The van der Waals surface area contributed by atoms with Crippen molar-refractivity contribution >= 4 is 16.7 Å². The molecule has 0 aliphatic heterocycles. The van der Waals surface area contributed by atoms with Gasteiger partial charge in [-0.3, -0.25) is 4.79 Å². The van der Waals surface area contributed by atoms with E-state index in [2.05, 4.69) is 10.2 Å². The number of nitrogens with one attached hydrogen (secondary N) is 1. The minimum atomic E-state index is -0.698. The van der Waals surface area contributed by atoms with Gasteiger partial charge in [0, 0.05) is 11.8 Å². The van der Waals surface area contributed by atoms with E-state index in [1.807, 2.05) is 12.1 Å². The predicted octanol–water partition coefficient (Wildman–Crippen LogP) is 2.83. The van der Waals surface area contributed by atoms with Gasteiger partial charge in [-0.05, 0) is 30.7 Å². The Bertz CT molecular complexity index is 966. The zero-order valence-corrected chi connectivity index (χ0v) is 13.0. The van der Waals surface area contributed by atoms with E-state index in [0.717, 1.165) is 5.39 Å². The molecule has 1 N–H and O–H groups in total. The first kappa shape index (κ1) is 15.9. The van der Waals surface area contributed by atoms with Crippen LogP contribution in [0.4, 0.5) is 4.39 Å². The Morgan fingerprint density at radius 1 is 1.21 bits per heavy atom. The summed E-state index contributed by atoms with van der Waals surface area (Å²) in [5, 5.41) is 7.81. The van der Waals surface area contributed by atoms with Crippen molar-refractivity contribution in [3.05, 3.63) is 75.5 Å². The molecule has 0 unspecified atom stereocenters. The second kappa shape index (κ2) is 6.62. The number of nitrogens with zero attached hydrogens (tertiary/aromatic N) is 1. The fourth-order valence-electron chi connectivity index (χ4n) is 2.55. The van der Waals surface area contributed by atoms with Crippen molar-refractivity contribution in [3.8, 4) is 0 Å². The molecule has 0 aliphatic rings. The third kappa shape index (κ3) is 3.03. The number of halogens is 1. The lowest BCUT2D eigenvalue weighted by Crippen LogP contribution is -2.12. The lowest BCUT2D eigenvalue weighted by Gasteiger charge is -2.08. The first-order chi connectivity index (χ1) is 11.6. The highest BCUT2D eigenvalue weighted by molar-refractivity contribution is 5.90.